The Morgan fingerprint density at radius 2 is 1.79 bits per heavy atom. The lowest BCUT2D eigenvalue weighted by atomic mass is 10.1. The highest BCUT2D eigenvalue weighted by Crippen LogP contribution is 2.26. The summed E-state index contributed by atoms with van der Waals surface area (Å²) in [5, 5.41) is 6.45. The fraction of sp³-hybridized carbons (Fsp3) is 0.273. The van der Waals surface area contributed by atoms with Crippen molar-refractivity contribution >= 4 is 5.96 Å². The molecule has 0 spiro atoms. The summed E-state index contributed by atoms with van der Waals surface area (Å²) in [6, 6.07) is 11.9. The first-order chi connectivity index (χ1) is 13.9. The maximum absolute atomic E-state index is 13.0. The predicted molar refractivity (Wildman–Crippen MR) is 111 cm³/mol. The first-order valence-corrected chi connectivity index (χ1v) is 9.35. The summed E-state index contributed by atoms with van der Waals surface area (Å²) in [4.78, 5) is 8.57. The Kier molecular flexibility index (Phi) is 6.49. The van der Waals surface area contributed by atoms with Gasteiger partial charge in [-0.1, -0.05) is 12.1 Å². The van der Waals surface area contributed by atoms with E-state index < -0.39 is 0 Å². The van der Waals surface area contributed by atoms with E-state index in [2.05, 4.69) is 20.6 Å². The molecule has 0 aliphatic heterocycles. The smallest absolute Gasteiger partial charge is 0.214 e. The normalized spacial score (nSPS) is 11.4. The second-order valence-electron chi connectivity index (χ2n) is 6.68. The molecule has 0 atom stereocenters. The SMILES string of the molecule is CN=C(NCc1ccc(Oc2ccc(F)cc2)c(C)c1)NCc1nc(C)c(C)o1. The van der Waals surface area contributed by atoms with Gasteiger partial charge in [-0.2, -0.15) is 0 Å². The van der Waals surface area contributed by atoms with Crippen LogP contribution in [0.25, 0.3) is 0 Å². The fourth-order valence-electron chi connectivity index (χ4n) is 2.75. The van der Waals surface area contributed by atoms with Crippen molar-refractivity contribution in [3.63, 3.8) is 0 Å². The van der Waals surface area contributed by atoms with E-state index in [1.165, 1.54) is 12.1 Å². The third kappa shape index (κ3) is 5.57. The van der Waals surface area contributed by atoms with E-state index in [9.17, 15) is 4.39 Å². The zero-order valence-electron chi connectivity index (χ0n) is 17.0. The lowest BCUT2D eigenvalue weighted by Gasteiger charge is -2.13. The lowest BCUT2D eigenvalue weighted by Crippen LogP contribution is -2.36. The molecule has 0 saturated carbocycles. The van der Waals surface area contributed by atoms with Gasteiger partial charge in [-0.05, 0) is 62.2 Å². The first-order valence-electron chi connectivity index (χ1n) is 9.35. The van der Waals surface area contributed by atoms with Gasteiger partial charge >= 0.3 is 0 Å². The number of oxazole rings is 1. The summed E-state index contributed by atoms with van der Waals surface area (Å²) in [7, 11) is 1.71. The molecule has 29 heavy (non-hydrogen) atoms. The van der Waals surface area contributed by atoms with Crippen LogP contribution < -0.4 is 15.4 Å². The molecular formula is C22H25FN4O2. The summed E-state index contributed by atoms with van der Waals surface area (Å²) < 4.78 is 24.4. The largest absolute Gasteiger partial charge is 0.457 e. The minimum Gasteiger partial charge on any atom is -0.457 e. The van der Waals surface area contributed by atoms with E-state index in [1.807, 2.05) is 39.0 Å². The molecule has 0 aliphatic rings. The molecule has 3 aromatic rings. The van der Waals surface area contributed by atoms with Crippen LogP contribution >= 0.6 is 0 Å². The average molecular weight is 396 g/mol. The number of halogens is 1. The Morgan fingerprint density at radius 3 is 2.41 bits per heavy atom. The van der Waals surface area contributed by atoms with E-state index >= 15 is 0 Å². The molecule has 0 fully saturated rings. The summed E-state index contributed by atoms with van der Waals surface area (Å²) >= 11 is 0. The van der Waals surface area contributed by atoms with E-state index in [4.69, 9.17) is 9.15 Å². The highest BCUT2D eigenvalue weighted by atomic mass is 19.1. The molecule has 7 heteroatoms. The summed E-state index contributed by atoms with van der Waals surface area (Å²) in [5.41, 5.74) is 2.96. The van der Waals surface area contributed by atoms with Crippen LogP contribution in [0, 0.1) is 26.6 Å². The molecule has 3 rings (SSSR count). The molecular weight excluding hydrogens is 371 g/mol. The highest BCUT2D eigenvalue weighted by molar-refractivity contribution is 5.79. The molecule has 2 N–H and O–H groups in total. The van der Waals surface area contributed by atoms with Gasteiger partial charge in [0.2, 0.25) is 5.89 Å². The van der Waals surface area contributed by atoms with Crippen molar-refractivity contribution < 1.29 is 13.5 Å². The van der Waals surface area contributed by atoms with Crippen molar-refractivity contribution in [2.75, 3.05) is 7.05 Å². The van der Waals surface area contributed by atoms with Gasteiger partial charge in [0.25, 0.3) is 0 Å². The number of nitrogens with zero attached hydrogens (tertiary/aromatic N) is 2. The van der Waals surface area contributed by atoms with Gasteiger partial charge < -0.3 is 19.8 Å². The molecule has 152 valence electrons. The van der Waals surface area contributed by atoms with Crippen LogP contribution in [0.2, 0.25) is 0 Å². The number of aliphatic imine (C=N–C) groups is 1. The second kappa shape index (κ2) is 9.23. The number of hydrogen-bond acceptors (Lipinski definition) is 4. The number of benzene rings is 2. The zero-order valence-corrected chi connectivity index (χ0v) is 17.0. The van der Waals surface area contributed by atoms with E-state index in [-0.39, 0.29) is 5.82 Å². The fourth-order valence-corrected chi connectivity index (χ4v) is 2.75. The number of nitrogens with one attached hydrogen (secondary N) is 2. The van der Waals surface area contributed by atoms with E-state index in [0.29, 0.717) is 30.7 Å². The number of rotatable bonds is 6. The van der Waals surface area contributed by atoms with Crippen molar-refractivity contribution in [2.45, 2.75) is 33.9 Å². The third-order valence-corrected chi connectivity index (χ3v) is 4.44. The Labute approximate surface area is 169 Å². The van der Waals surface area contributed by atoms with Crippen molar-refractivity contribution in [3.8, 4) is 11.5 Å². The Hall–Kier alpha value is -3.35. The van der Waals surface area contributed by atoms with Crippen LogP contribution in [0.5, 0.6) is 11.5 Å². The van der Waals surface area contributed by atoms with Gasteiger partial charge in [0.15, 0.2) is 5.96 Å². The van der Waals surface area contributed by atoms with Crippen LogP contribution in [0.1, 0.15) is 28.5 Å². The van der Waals surface area contributed by atoms with Crippen LogP contribution in [0.3, 0.4) is 0 Å². The topological polar surface area (TPSA) is 71.7 Å². The monoisotopic (exact) mass is 396 g/mol. The number of hydrogen-bond donors (Lipinski definition) is 2. The van der Waals surface area contributed by atoms with Crippen molar-refractivity contribution in [3.05, 3.63) is 76.8 Å². The molecule has 1 aromatic heterocycles. The van der Waals surface area contributed by atoms with Gasteiger partial charge in [-0.3, -0.25) is 4.99 Å². The van der Waals surface area contributed by atoms with Gasteiger partial charge in [0, 0.05) is 13.6 Å². The van der Waals surface area contributed by atoms with Crippen molar-refractivity contribution in [1.29, 1.82) is 0 Å². The van der Waals surface area contributed by atoms with Gasteiger partial charge in [-0.25, -0.2) is 9.37 Å². The molecule has 0 bridgehead atoms. The van der Waals surface area contributed by atoms with Crippen LogP contribution in [0.4, 0.5) is 4.39 Å². The predicted octanol–water partition coefficient (Wildman–Crippen LogP) is 4.40. The molecule has 0 saturated heterocycles. The highest BCUT2D eigenvalue weighted by Gasteiger charge is 2.07. The second-order valence-corrected chi connectivity index (χ2v) is 6.68. The molecule has 0 amide bonds. The molecule has 0 aliphatic carbocycles. The molecule has 2 aromatic carbocycles. The minimum absolute atomic E-state index is 0.286. The van der Waals surface area contributed by atoms with Crippen LogP contribution in [-0.4, -0.2) is 18.0 Å². The quantitative estimate of drug-likeness (QED) is 0.477. The van der Waals surface area contributed by atoms with Gasteiger partial charge in [0.1, 0.15) is 23.1 Å². The summed E-state index contributed by atoms with van der Waals surface area (Å²) in [5.74, 6) is 3.15. The molecule has 0 radical (unpaired) electrons. The zero-order chi connectivity index (χ0) is 20.8. The summed E-state index contributed by atoms with van der Waals surface area (Å²) in [6.07, 6.45) is 0. The molecule has 1 heterocycles. The van der Waals surface area contributed by atoms with Gasteiger partial charge in [-0.15, -0.1) is 0 Å². The van der Waals surface area contributed by atoms with E-state index in [1.54, 1.807) is 19.2 Å². The Bertz CT molecular complexity index is 977. The average Bonchev–Trinajstić information content (AvgIpc) is 3.03. The molecule has 6 nitrogen and oxygen atoms in total. The standard InChI is InChI=1S/C22H25FN4O2/c1-14-11-17(5-10-20(14)29-19-8-6-18(23)7-9-19)12-25-22(24-4)26-13-21-27-15(2)16(3)28-21/h5-11H,12-13H2,1-4H3,(H2,24,25,26). The van der Waals surface area contributed by atoms with Crippen LogP contribution in [-0.2, 0) is 13.1 Å². The minimum atomic E-state index is -0.286. The number of ether oxygens (including phenoxy) is 1. The Morgan fingerprint density at radius 1 is 1.07 bits per heavy atom. The van der Waals surface area contributed by atoms with Crippen molar-refractivity contribution in [1.82, 2.24) is 15.6 Å². The van der Waals surface area contributed by atoms with E-state index in [0.717, 1.165) is 28.3 Å². The Balaban J connectivity index is 1.55. The van der Waals surface area contributed by atoms with Crippen molar-refractivity contribution in [2.24, 2.45) is 4.99 Å². The maximum Gasteiger partial charge on any atom is 0.214 e. The number of aryl methyl sites for hydroxylation is 3. The lowest BCUT2D eigenvalue weighted by molar-refractivity contribution is 0.463. The van der Waals surface area contributed by atoms with Crippen LogP contribution in [0.15, 0.2) is 51.9 Å². The first kappa shape index (κ1) is 20.4. The maximum atomic E-state index is 13.0. The third-order valence-electron chi connectivity index (χ3n) is 4.44. The molecule has 0 unspecified atom stereocenters. The van der Waals surface area contributed by atoms with Gasteiger partial charge in [0.05, 0.1) is 12.2 Å². The summed E-state index contributed by atoms with van der Waals surface area (Å²) in [6.45, 7) is 6.84. The number of aromatic nitrogens is 1. The number of guanidine groups is 1.